The maximum atomic E-state index is 4.94. The van der Waals surface area contributed by atoms with Crippen molar-refractivity contribution < 1.29 is 0 Å². The van der Waals surface area contributed by atoms with Crippen molar-refractivity contribution in [2.75, 3.05) is 25.0 Å². The zero-order valence-corrected chi connectivity index (χ0v) is 17.7. The van der Waals surface area contributed by atoms with Crippen LogP contribution in [0.15, 0.2) is 22.2 Å². The summed E-state index contributed by atoms with van der Waals surface area (Å²) >= 11 is 5.27. The highest BCUT2D eigenvalue weighted by Gasteiger charge is 2.25. The SMILES string of the molecule is CN(c1ncc(Br)cn1)C1CCN(Cc2csc(C3CCCC3)n2)CC1. The van der Waals surface area contributed by atoms with E-state index in [1.54, 1.807) is 0 Å². The Morgan fingerprint density at radius 2 is 1.85 bits per heavy atom. The van der Waals surface area contributed by atoms with Crippen molar-refractivity contribution in [3.63, 3.8) is 0 Å². The number of aromatic nitrogens is 3. The molecule has 0 N–H and O–H groups in total. The van der Waals surface area contributed by atoms with Gasteiger partial charge >= 0.3 is 0 Å². The number of rotatable bonds is 5. The molecule has 0 aromatic carbocycles. The number of anilines is 1. The highest BCUT2D eigenvalue weighted by atomic mass is 79.9. The van der Waals surface area contributed by atoms with E-state index < -0.39 is 0 Å². The molecule has 2 aliphatic rings. The van der Waals surface area contributed by atoms with Gasteiger partial charge in [0.2, 0.25) is 5.95 Å². The Morgan fingerprint density at radius 3 is 2.54 bits per heavy atom. The van der Waals surface area contributed by atoms with Crippen LogP contribution in [0.2, 0.25) is 0 Å². The number of piperidine rings is 1. The molecule has 2 aromatic heterocycles. The van der Waals surface area contributed by atoms with Gasteiger partial charge in [-0.3, -0.25) is 4.90 Å². The molecule has 2 aromatic rings. The fourth-order valence-electron chi connectivity index (χ4n) is 4.10. The van der Waals surface area contributed by atoms with Crippen LogP contribution in [0, 0.1) is 0 Å². The number of likely N-dealkylation sites (tertiary alicyclic amines) is 1. The first kappa shape index (κ1) is 18.3. The monoisotopic (exact) mass is 435 g/mol. The van der Waals surface area contributed by atoms with Gasteiger partial charge in [0.05, 0.1) is 15.2 Å². The first-order chi connectivity index (χ1) is 12.7. The number of hydrogen-bond acceptors (Lipinski definition) is 6. The average molecular weight is 436 g/mol. The van der Waals surface area contributed by atoms with E-state index in [2.05, 4.69) is 48.1 Å². The number of hydrogen-bond donors (Lipinski definition) is 0. The second kappa shape index (κ2) is 8.31. The standard InChI is InChI=1S/C19H26BrN5S/c1-24(19-21-10-15(20)11-22-19)17-6-8-25(9-7-17)12-16-13-26-18(23-16)14-4-2-3-5-14/h10-11,13-14,17H,2-9,12H2,1H3. The fraction of sp³-hybridized carbons (Fsp3) is 0.632. The van der Waals surface area contributed by atoms with Gasteiger partial charge < -0.3 is 4.90 Å². The summed E-state index contributed by atoms with van der Waals surface area (Å²) in [4.78, 5) is 18.6. The van der Waals surface area contributed by atoms with Gasteiger partial charge in [-0.1, -0.05) is 12.8 Å². The Hall–Kier alpha value is -1.05. The van der Waals surface area contributed by atoms with Crippen LogP contribution in [-0.4, -0.2) is 46.0 Å². The molecule has 1 saturated heterocycles. The second-order valence-electron chi connectivity index (χ2n) is 7.48. The van der Waals surface area contributed by atoms with E-state index in [0.717, 1.165) is 48.8 Å². The molecule has 1 aliphatic carbocycles. The van der Waals surface area contributed by atoms with Crippen LogP contribution in [0.3, 0.4) is 0 Å². The molecule has 0 spiro atoms. The van der Waals surface area contributed by atoms with Crippen LogP contribution >= 0.6 is 27.3 Å². The lowest BCUT2D eigenvalue weighted by atomic mass is 10.0. The summed E-state index contributed by atoms with van der Waals surface area (Å²) < 4.78 is 0.921. The van der Waals surface area contributed by atoms with Crippen molar-refractivity contribution >= 4 is 33.2 Å². The largest absolute Gasteiger partial charge is 0.341 e. The zero-order valence-electron chi connectivity index (χ0n) is 15.3. The van der Waals surface area contributed by atoms with Gasteiger partial charge in [-0.25, -0.2) is 15.0 Å². The van der Waals surface area contributed by atoms with Gasteiger partial charge in [0.25, 0.3) is 0 Å². The van der Waals surface area contributed by atoms with Crippen molar-refractivity contribution in [3.8, 4) is 0 Å². The van der Waals surface area contributed by atoms with E-state index in [4.69, 9.17) is 4.98 Å². The molecule has 26 heavy (non-hydrogen) atoms. The molecule has 0 unspecified atom stereocenters. The second-order valence-corrected chi connectivity index (χ2v) is 9.28. The first-order valence-corrected chi connectivity index (χ1v) is 11.2. The number of thiazole rings is 1. The van der Waals surface area contributed by atoms with E-state index in [-0.39, 0.29) is 0 Å². The van der Waals surface area contributed by atoms with Gasteiger partial charge in [0.15, 0.2) is 0 Å². The Labute approximate surface area is 168 Å². The fourth-order valence-corrected chi connectivity index (χ4v) is 5.29. The van der Waals surface area contributed by atoms with Gasteiger partial charge in [-0.2, -0.15) is 0 Å². The Morgan fingerprint density at radius 1 is 1.15 bits per heavy atom. The predicted molar refractivity (Wildman–Crippen MR) is 110 cm³/mol. The van der Waals surface area contributed by atoms with Crippen LogP contribution in [0.4, 0.5) is 5.95 Å². The van der Waals surface area contributed by atoms with Crippen molar-refractivity contribution in [1.29, 1.82) is 0 Å². The molecule has 3 heterocycles. The molecule has 1 aliphatic heterocycles. The minimum absolute atomic E-state index is 0.511. The third-order valence-corrected chi connectivity index (χ3v) is 7.15. The van der Waals surface area contributed by atoms with E-state index >= 15 is 0 Å². The summed E-state index contributed by atoms with van der Waals surface area (Å²) in [5, 5.41) is 3.65. The molecule has 2 fully saturated rings. The Kier molecular flexibility index (Phi) is 5.86. The van der Waals surface area contributed by atoms with E-state index in [0.29, 0.717) is 6.04 Å². The first-order valence-electron chi connectivity index (χ1n) is 9.56. The zero-order chi connectivity index (χ0) is 17.9. The molecule has 1 saturated carbocycles. The Balaban J connectivity index is 1.29. The normalized spacial score (nSPS) is 19.9. The van der Waals surface area contributed by atoms with Gasteiger partial charge in [-0.05, 0) is 41.6 Å². The molecular formula is C19H26BrN5S. The lowest BCUT2D eigenvalue weighted by Crippen LogP contribution is -2.43. The molecule has 7 heteroatoms. The molecule has 0 bridgehead atoms. The van der Waals surface area contributed by atoms with Crippen LogP contribution in [0.5, 0.6) is 0 Å². The molecule has 0 atom stereocenters. The molecule has 5 nitrogen and oxygen atoms in total. The van der Waals surface area contributed by atoms with Crippen molar-refractivity contribution in [2.45, 2.75) is 57.0 Å². The lowest BCUT2D eigenvalue weighted by molar-refractivity contribution is 0.201. The van der Waals surface area contributed by atoms with E-state index in [9.17, 15) is 0 Å². The Bertz CT molecular complexity index is 705. The molecule has 4 rings (SSSR count). The van der Waals surface area contributed by atoms with Crippen LogP contribution < -0.4 is 4.90 Å². The van der Waals surface area contributed by atoms with Crippen molar-refractivity contribution in [3.05, 3.63) is 32.9 Å². The van der Waals surface area contributed by atoms with Crippen LogP contribution in [-0.2, 0) is 6.54 Å². The van der Waals surface area contributed by atoms with Crippen molar-refractivity contribution in [1.82, 2.24) is 19.9 Å². The summed E-state index contributed by atoms with van der Waals surface area (Å²) in [5.74, 6) is 1.55. The lowest BCUT2D eigenvalue weighted by Gasteiger charge is -2.36. The number of halogens is 1. The average Bonchev–Trinajstić information content (AvgIpc) is 3.34. The summed E-state index contributed by atoms with van der Waals surface area (Å²) in [6.45, 7) is 3.22. The highest BCUT2D eigenvalue weighted by molar-refractivity contribution is 9.10. The van der Waals surface area contributed by atoms with Crippen LogP contribution in [0.1, 0.15) is 55.1 Å². The predicted octanol–water partition coefficient (Wildman–Crippen LogP) is 4.45. The molecular weight excluding hydrogens is 410 g/mol. The summed E-state index contributed by atoms with van der Waals surface area (Å²) in [5.41, 5.74) is 1.26. The van der Waals surface area contributed by atoms with Crippen LogP contribution in [0.25, 0.3) is 0 Å². The van der Waals surface area contributed by atoms with E-state index in [1.807, 2.05) is 23.7 Å². The molecule has 0 amide bonds. The molecule has 0 radical (unpaired) electrons. The smallest absolute Gasteiger partial charge is 0.225 e. The summed E-state index contributed by atoms with van der Waals surface area (Å²) in [6.07, 6.45) is 11.4. The summed E-state index contributed by atoms with van der Waals surface area (Å²) in [7, 11) is 2.11. The topological polar surface area (TPSA) is 45.2 Å². The number of nitrogens with zero attached hydrogens (tertiary/aromatic N) is 5. The van der Waals surface area contributed by atoms with Gasteiger partial charge in [0.1, 0.15) is 0 Å². The van der Waals surface area contributed by atoms with E-state index in [1.165, 1.54) is 36.4 Å². The maximum Gasteiger partial charge on any atom is 0.225 e. The van der Waals surface area contributed by atoms with Gasteiger partial charge in [-0.15, -0.1) is 11.3 Å². The van der Waals surface area contributed by atoms with Gasteiger partial charge in [0, 0.05) is 56.4 Å². The quantitative estimate of drug-likeness (QED) is 0.693. The van der Waals surface area contributed by atoms with Crippen molar-refractivity contribution in [2.24, 2.45) is 0 Å². The third-order valence-electron chi connectivity index (χ3n) is 5.69. The minimum atomic E-state index is 0.511. The minimum Gasteiger partial charge on any atom is -0.341 e. The maximum absolute atomic E-state index is 4.94. The highest BCUT2D eigenvalue weighted by Crippen LogP contribution is 2.35. The third kappa shape index (κ3) is 4.26. The summed E-state index contributed by atoms with van der Waals surface area (Å²) in [6, 6.07) is 0.511. The molecule has 140 valence electrons.